The van der Waals surface area contributed by atoms with Crippen molar-refractivity contribution in [3.8, 4) is 0 Å². The van der Waals surface area contributed by atoms with Gasteiger partial charge in [0.25, 0.3) is 5.91 Å². The van der Waals surface area contributed by atoms with Crippen molar-refractivity contribution < 1.29 is 40.7 Å². The van der Waals surface area contributed by atoms with Gasteiger partial charge in [-0.2, -0.15) is 26.3 Å². The van der Waals surface area contributed by atoms with Gasteiger partial charge >= 0.3 is 18.4 Å². The fourth-order valence-electron chi connectivity index (χ4n) is 2.87. The lowest BCUT2D eigenvalue weighted by atomic mass is 9.97. The normalized spacial score (nSPS) is 16.0. The molecule has 11 heteroatoms. The van der Waals surface area contributed by atoms with Crippen LogP contribution in [0, 0.1) is 5.92 Å². The van der Waals surface area contributed by atoms with E-state index in [1.165, 1.54) is 12.0 Å². The Morgan fingerprint density at radius 1 is 1.04 bits per heavy atom. The number of nitrogens with zero attached hydrogens (tertiary/aromatic N) is 1. The lowest BCUT2D eigenvalue weighted by Gasteiger charge is -2.30. The number of hydrogen-bond acceptors (Lipinski definition) is 3. The summed E-state index contributed by atoms with van der Waals surface area (Å²) in [6.07, 6.45) is -9.47. The van der Waals surface area contributed by atoms with Gasteiger partial charge in [-0.25, -0.2) is 4.79 Å². The van der Waals surface area contributed by atoms with E-state index in [2.05, 4.69) is 10.1 Å². The molecule has 2 rings (SSSR count). The summed E-state index contributed by atoms with van der Waals surface area (Å²) in [6, 6.07) is 0.758. The van der Waals surface area contributed by atoms with Crippen LogP contribution < -0.4 is 5.32 Å². The average molecular weight is 412 g/mol. The summed E-state index contributed by atoms with van der Waals surface area (Å²) >= 11 is 0. The summed E-state index contributed by atoms with van der Waals surface area (Å²) in [5.41, 5.74) is -3.80. The minimum absolute atomic E-state index is 0.0285. The smallest absolute Gasteiger partial charge is 0.416 e. The number of nitrogens with one attached hydrogen (secondary N) is 1. The Morgan fingerprint density at radius 3 is 1.96 bits per heavy atom. The van der Waals surface area contributed by atoms with Crippen molar-refractivity contribution in [2.75, 3.05) is 26.7 Å². The number of likely N-dealkylation sites (tertiary alicyclic amines) is 1. The molecule has 0 spiro atoms. The molecule has 1 saturated heterocycles. The Kier molecular flexibility index (Phi) is 6.45. The Labute approximate surface area is 156 Å². The third-order valence-corrected chi connectivity index (χ3v) is 4.45. The van der Waals surface area contributed by atoms with E-state index in [9.17, 15) is 35.9 Å². The number of hydrogen-bond donors (Lipinski definition) is 1. The van der Waals surface area contributed by atoms with Crippen LogP contribution in [0.4, 0.5) is 31.1 Å². The van der Waals surface area contributed by atoms with Crippen LogP contribution in [0.15, 0.2) is 18.2 Å². The zero-order valence-corrected chi connectivity index (χ0v) is 14.8. The van der Waals surface area contributed by atoms with Crippen LogP contribution in [0.1, 0.15) is 34.3 Å². The molecule has 0 unspecified atom stereocenters. The molecular formula is C17H18F6N2O3. The summed E-state index contributed by atoms with van der Waals surface area (Å²) in [5, 5.41) is 2.38. The zero-order chi connectivity index (χ0) is 21.1. The maximum absolute atomic E-state index is 12.9. The fraction of sp³-hybridized carbons (Fsp3) is 0.529. The number of benzene rings is 1. The van der Waals surface area contributed by atoms with Crippen LogP contribution in [0.2, 0.25) is 0 Å². The monoisotopic (exact) mass is 412 g/mol. The van der Waals surface area contributed by atoms with Gasteiger partial charge in [0.05, 0.1) is 18.2 Å². The van der Waals surface area contributed by atoms with Gasteiger partial charge in [0.1, 0.15) is 0 Å². The quantitative estimate of drug-likeness (QED) is 0.766. The van der Waals surface area contributed by atoms with Crippen LogP contribution in [0.25, 0.3) is 0 Å². The first-order chi connectivity index (χ1) is 12.9. The summed E-state index contributed by atoms with van der Waals surface area (Å²) in [6.45, 7) is 0.843. The highest BCUT2D eigenvalue weighted by molar-refractivity contribution is 5.94. The second-order valence-corrected chi connectivity index (χ2v) is 6.41. The summed E-state index contributed by atoms with van der Waals surface area (Å²) < 4.78 is 81.8. The predicted molar refractivity (Wildman–Crippen MR) is 85.5 cm³/mol. The molecule has 2 amide bonds. The van der Waals surface area contributed by atoms with Gasteiger partial charge in [0.2, 0.25) is 0 Å². The molecule has 1 aliphatic heterocycles. The lowest BCUT2D eigenvalue weighted by Crippen LogP contribution is -2.41. The van der Waals surface area contributed by atoms with Crippen molar-refractivity contribution in [3.63, 3.8) is 0 Å². The van der Waals surface area contributed by atoms with Gasteiger partial charge in [-0.05, 0) is 37.0 Å². The Hall–Kier alpha value is -2.46. The largest absolute Gasteiger partial charge is 0.453 e. The van der Waals surface area contributed by atoms with Crippen LogP contribution in [-0.2, 0) is 17.1 Å². The number of carbonyl (C=O) groups is 2. The molecule has 1 aromatic carbocycles. The van der Waals surface area contributed by atoms with Gasteiger partial charge in [0, 0.05) is 25.2 Å². The minimum atomic E-state index is -5.02. The van der Waals surface area contributed by atoms with Gasteiger partial charge in [-0.3, -0.25) is 4.79 Å². The SMILES string of the molecule is COC(=O)N1CCC(CNC(=O)c2cc(C(F)(F)F)cc(C(F)(F)F)c2)CC1. The topological polar surface area (TPSA) is 58.6 Å². The predicted octanol–water partition coefficient (Wildman–Crippen LogP) is 3.93. The van der Waals surface area contributed by atoms with Gasteiger partial charge in [0.15, 0.2) is 0 Å². The van der Waals surface area contributed by atoms with E-state index < -0.39 is 41.0 Å². The molecule has 28 heavy (non-hydrogen) atoms. The van der Waals surface area contributed by atoms with Crippen molar-refractivity contribution in [2.45, 2.75) is 25.2 Å². The van der Waals surface area contributed by atoms with E-state index in [4.69, 9.17) is 0 Å². The second-order valence-electron chi connectivity index (χ2n) is 6.41. The Balaban J connectivity index is 2.05. The molecule has 1 aliphatic rings. The Morgan fingerprint density at radius 2 is 1.54 bits per heavy atom. The highest BCUT2D eigenvalue weighted by Gasteiger charge is 2.37. The molecule has 1 aromatic rings. The number of rotatable bonds is 3. The lowest BCUT2D eigenvalue weighted by molar-refractivity contribution is -0.143. The number of ether oxygens (including phenoxy) is 1. The maximum atomic E-state index is 12.9. The van der Waals surface area contributed by atoms with Gasteiger partial charge in [-0.1, -0.05) is 0 Å². The molecule has 0 atom stereocenters. The van der Waals surface area contributed by atoms with E-state index in [-0.39, 0.29) is 18.5 Å². The summed E-state index contributed by atoms with van der Waals surface area (Å²) in [7, 11) is 1.25. The van der Waals surface area contributed by atoms with E-state index >= 15 is 0 Å². The number of piperidine rings is 1. The van der Waals surface area contributed by atoms with Crippen molar-refractivity contribution in [1.82, 2.24) is 10.2 Å². The summed E-state index contributed by atoms with van der Waals surface area (Å²) in [5.74, 6) is -1.08. The highest BCUT2D eigenvalue weighted by Crippen LogP contribution is 2.36. The Bertz CT molecular complexity index is 692. The molecule has 5 nitrogen and oxygen atoms in total. The fourth-order valence-corrected chi connectivity index (χ4v) is 2.87. The molecule has 0 bridgehead atoms. The maximum Gasteiger partial charge on any atom is 0.416 e. The van der Waals surface area contributed by atoms with Gasteiger partial charge in [-0.15, -0.1) is 0 Å². The average Bonchev–Trinajstić information content (AvgIpc) is 2.64. The molecule has 0 aliphatic carbocycles. The third-order valence-electron chi connectivity index (χ3n) is 4.45. The molecule has 0 saturated carbocycles. The molecule has 1 fully saturated rings. The molecule has 1 N–H and O–H groups in total. The number of methoxy groups -OCH3 is 1. The first-order valence-corrected chi connectivity index (χ1v) is 8.32. The number of carbonyl (C=O) groups excluding carboxylic acids is 2. The molecule has 156 valence electrons. The summed E-state index contributed by atoms with van der Waals surface area (Å²) in [4.78, 5) is 25.0. The molecule has 0 radical (unpaired) electrons. The van der Waals surface area contributed by atoms with Crippen LogP contribution in [0.3, 0.4) is 0 Å². The standard InChI is InChI=1S/C17H18F6N2O3/c1-28-15(27)25-4-2-10(3-5-25)9-24-14(26)11-6-12(16(18,19)20)8-13(7-11)17(21,22)23/h6-8,10H,2-5,9H2,1H3,(H,24,26). The zero-order valence-electron chi connectivity index (χ0n) is 14.8. The first kappa shape index (κ1) is 21.8. The number of amides is 2. The number of halogens is 6. The van der Waals surface area contributed by atoms with Crippen LogP contribution >= 0.6 is 0 Å². The second kappa shape index (κ2) is 8.27. The third kappa shape index (κ3) is 5.52. The van der Waals surface area contributed by atoms with Crippen LogP contribution in [0.5, 0.6) is 0 Å². The van der Waals surface area contributed by atoms with E-state index in [1.807, 2.05) is 0 Å². The van der Waals surface area contributed by atoms with Gasteiger partial charge < -0.3 is 15.0 Å². The molecule has 0 aromatic heterocycles. The van der Waals surface area contributed by atoms with Crippen molar-refractivity contribution in [2.24, 2.45) is 5.92 Å². The van der Waals surface area contributed by atoms with Crippen molar-refractivity contribution in [1.29, 1.82) is 0 Å². The van der Waals surface area contributed by atoms with E-state index in [0.29, 0.717) is 38.1 Å². The highest BCUT2D eigenvalue weighted by atomic mass is 19.4. The van der Waals surface area contributed by atoms with E-state index in [1.54, 1.807) is 0 Å². The first-order valence-electron chi connectivity index (χ1n) is 8.32. The van der Waals surface area contributed by atoms with E-state index in [0.717, 1.165) is 0 Å². The molecular weight excluding hydrogens is 394 g/mol. The molecule has 1 heterocycles. The van der Waals surface area contributed by atoms with Crippen molar-refractivity contribution in [3.05, 3.63) is 34.9 Å². The van der Waals surface area contributed by atoms with Crippen LogP contribution in [-0.4, -0.2) is 43.6 Å². The minimum Gasteiger partial charge on any atom is -0.453 e. The van der Waals surface area contributed by atoms with Crippen molar-refractivity contribution >= 4 is 12.0 Å². The number of alkyl halides is 6.